The maximum absolute atomic E-state index is 12.2. The van der Waals surface area contributed by atoms with Crippen molar-refractivity contribution in [1.82, 2.24) is 0 Å². The summed E-state index contributed by atoms with van der Waals surface area (Å²) in [5, 5.41) is 3.08. The van der Waals surface area contributed by atoms with Crippen molar-refractivity contribution in [2.75, 3.05) is 12.1 Å². The fraction of sp³-hybridized carbons (Fsp3) is 0.176. The maximum Gasteiger partial charge on any atom is 0.338 e. The summed E-state index contributed by atoms with van der Waals surface area (Å²) < 4.78 is 15.6. The monoisotopic (exact) mass is 347 g/mol. The lowest BCUT2D eigenvalue weighted by atomic mass is 10.2. The first-order valence-corrected chi connectivity index (χ1v) is 7.58. The van der Waals surface area contributed by atoms with E-state index in [4.69, 9.17) is 25.8 Å². The van der Waals surface area contributed by atoms with E-state index in [0.717, 1.165) is 0 Å². The van der Waals surface area contributed by atoms with Gasteiger partial charge in [0.15, 0.2) is 17.6 Å². The predicted octanol–water partition coefficient (Wildman–Crippen LogP) is 3.25. The first kappa shape index (κ1) is 16.1. The van der Waals surface area contributed by atoms with Crippen LogP contribution in [0.5, 0.6) is 11.5 Å². The van der Waals surface area contributed by atoms with Crippen LogP contribution in [0.3, 0.4) is 0 Å². The number of hydrogen-bond donors (Lipinski definition) is 1. The second kappa shape index (κ2) is 6.80. The molecule has 1 heterocycles. The zero-order valence-corrected chi connectivity index (χ0v) is 13.5. The van der Waals surface area contributed by atoms with Crippen LogP contribution in [-0.2, 0) is 9.53 Å². The molecule has 1 N–H and O–H groups in total. The van der Waals surface area contributed by atoms with Gasteiger partial charge >= 0.3 is 5.97 Å². The maximum atomic E-state index is 12.2. The summed E-state index contributed by atoms with van der Waals surface area (Å²) in [7, 11) is 0. The molecular weight excluding hydrogens is 334 g/mol. The first-order chi connectivity index (χ1) is 11.5. The van der Waals surface area contributed by atoms with Gasteiger partial charge in [0.05, 0.1) is 5.56 Å². The van der Waals surface area contributed by atoms with E-state index >= 15 is 0 Å². The number of ether oxygens (including phenoxy) is 3. The van der Waals surface area contributed by atoms with Crippen molar-refractivity contribution >= 4 is 29.2 Å². The Kier molecular flexibility index (Phi) is 4.57. The molecule has 7 heteroatoms. The van der Waals surface area contributed by atoms with Gasteiger partial charge in [0.25, 0.3) is 5.91 Å². The van der Waals surface area contributed by atoms with Gasteiger partial charge in [0.2, 0.25) is 6.79 Å². The highest BCUT2D eigenvalue weighted by Gasteiger charge is 2.20. The number of anilines is 1. The topological polar surface area (TPSA) is 73.9 Å². The highest BCUT2D eigenvalue weighted by atomic mass is 35.5. The summed E-state index contributed by atoms with van der Waals surface area (Å²) in [6.07, 6.45) is -0.970. The molecule has 1 aliphatic rings. The molecule has 1 amide bonds. The molecule has 0 radical (unpaired) electrons. The minimum absolute atomic E-state index is 0.153. The van der Waals surface area contributed by atoms with Crippen LogP contribution in [0.15, 0.2) is 42.5 Å². The second-order valence-electron chi connectivity index (χ2n) is 5.12. The fourth-order valence-corrected chi connectivity index (χ4v) is 2.31. The van der Waals surface area contributed by atoms with E-state index in [1.807, 2.05) is 0 Å². The average Bonchev–Trinajstić information content (AvgIpc) is 3.02. The Hall–Kier alpha value is -2.73. The molecule has 0 aromatic heterocycles. The van der Waals surface area contributed by atoms with Crippen molar-refractivity contribution in [2.24, 2.45) is 0 Å². The standard InChI is InChI=1S/C17H14ClNO5/c1-10(24-17(21)11-3-2-4-12(18)7-11)16(20)19-13-5-6-14-15(8-13)23-9-22-14/h2-8,10H,9H2,1H3,(H,19,20)/t10-/m1/s1. The number of fused-ring (bicyclic) bond motifs is 1. The van der Waals surface area contributed by atoms with Gasteiger partial charge in [0.1, 0.15) is 0 Å². The van der Waals surface area contributed by atoms with Crippen molar-refractivity contribution in [2.45, 2.75) is 13.0 Å². The Balaban J connectivity index is 1.61. The number of amides is 1. The number of nitrogens with one attached hydrogen (secondary N) is 1. The third-order valence-corrected chi connectivity index (χ3v) is 3.59. The molecule has 6 nitrogen and oxygen atoms in total. The number of carbonyl (C=O) groups is 2. The molecule has 2 aromatic rings. The van der Waals surface area contributed by atoms with E-state index in [1.54, 1.807) is 36.4 Å². The van der Waals surface area contributed by atoms with E-state index in [9.17, 15) is 9.59 Å². The Bertz CT molecular complexity index is 792. The lowest BCUT2D eigenvalue weighted by Crippen LogP contribution is -2.30. The van der Waals surface area contributed by atoms with Crippen molar-refractivity contribution in [3.8, 4) is 11.5 Å². The van der Waals surface area contributed by atoms with Crippen LogP contribution < -0.4 is 14.8 Å². The minimum Gasteiger partial charge on any atom is -0.454 e. The molecule has 2 aromatic carbocycles. The van der Waals surface area contributed by atoms with Crippen molar-refractivity contribution in [1.29, 1.82) is 0 Å². The van der Waals surface area contributed by atoms with Crippen LogP contribution in [0.4, 0.5) is 5.69 Å². The normalized spacial score (nSPS) is 13.2. The van der Waals surface area contributed by atoms with Crippen LogP contribution >= 0.6 is 11.6 Å². The first-order valence-electron chi connectivity index (χ1n) is 7.20. The van der Waals surface area contributed by atoms with E-state index in [1.165, 1.54) is 13.0 Å². The van der Waals surface area contributed by atoms with Crippen LogP contribution in [-0.4, -0.2) is 24.8 Å². The van der Waals surface area contributed by atoms with Gasteiger partial charge in [-0.15, -0.1) is 0 Å². The Labute approximate surface area is 143 Å². The summed E-state index contributed by atoms with van der Waals surface area (Å²) >= 11 is 5.83. The summed E-state index contributed by atoms with van der Waals surface area (Å²) in [5.41, 5.74) is 0.806. The van der Waals surface area contributed by atoms with Crippen molar-refractivity contribution in [3.63, 3.8) is 0 Å². The molecule has 3 rings (SSSR count). The van der Waals surface area contributed by atoms with Crippen LogP contribution in [0.25, 0.3) is 0 Å². The molecule has 0 aliphatic carbocycles. The van der Waals surface area contributed by atoms with Gasteiger partial charge in [-0.2, -0.15) is 0 Å². The number of halogens is 1. The van der Waals surface area contributed by atoms with Gasteiger partial charge in [-0.25, -0.2) is 4.79 Å². The zero-order chi connectivity index (χ0) is 17.1. The summed E-state index contributed by atoms with van der Waals surface area (Å²) in [4.78, 5) is 24.2. The largest absolute Gasteiger partial charge is 0.454 e. The Morgan fingerprint density at radius 3 is 2.75 bits per heavy atom. The molecule has 0 saturated heterocycles. The van der Waals surface area contributed by atoms with Crippen LogP contribution in [0.2, 0.25) is 5.02 Å². The molecule has 0 spiro atoms. The molecule has 124 valence electrons. The summed E-state index contributed by atoms with van der Waals surface area (Å²) in [6, 6.07) is 11.3. The number of rotatable bonds is 4. The zero-order valence-electron chi connectivity index (χ0n) is 12.7. The fourth-order valence-electron chi connectivity index (χ4n) is 2.12. The highest BCUT2D eigenvalue weighted by molar-refractivity contribution is 6.30. The smallest absolute Gasteiger partial charge is 0.338 e. The van der Waals surface area contributed by atoms with Gasteiger partial charge < -0.3 is 19.5 Å². The van der Waals surface area contributed by atoms with Gasteiger partial charge in [0, 0.05) is 16.8 Å². The van der Waals surface area contributed by atoms with Gasteiger partial charge in [-0.1, -0.05) is 17.7 Å². The molecule has 0 unspecified atom stereocenters. The number of esters is 1. The Morgan fingerprint density at radius 2 is 1.96 bits per heavy atom. The number of benzene rings is 2. The number of hydrogen-bond acceptors (Lipinski definition) is 5. The van der Waals surface area contributed by atoms with E-state index < -0.39 is 18.0 Å². The van der Waals surface area contributed by atoms with Gasteiger partial charge in [-0.3, -0.25) is 4.79 Å². The minimum atomic E-state index is -0.970. The highest BCUT2D eigenvalue weighted by Crippen LogP contribution is 2.34. The molecule has 0 bridgehead atoms. The van der Waals surface area contributed by atoms with Crippen LogP contribution in [0.1, 0.15) is 17.3 Å². The molecule has 24 heavy (non-hydrogen) atoms. The molecular formula is C17H14ClNO5. The second-order valence-corrected chi connectivity index (χ2v) is 5.55. The molecule has 0 fully saturated rings. The van der Waals surface area contributed by atoms with Gasteiger partial charge in [-0.05, 0) is 37.3 Å². The summed E-state index contributed by atoms with van der Waals surface area (Å²) in [6.45, 7) is 1.64. The molecule has 1 aliphatic heterocycles. The number of carbonyl (C=O) groups excluding carboxylic acids is 2. The summed E-state index contributed by atoms with van der Waals surface area (Å²) in [5.74, 6) is 0.0971. The van der Waals surface area contributed by atoms with E-state index in [0.29, 0.717) is 22.2 Å². The van der Waals surface area contributed by atoms with E-state index in [-0.39, 0.29) is 12.4 Å². The lowest BCUT2D eigenvalue weighted by Gasteiger charge is -2.14. The molecule has 1 atom stereocenters. The quantitative estimate of drug-likeness (QED) is 0.859. The van der Waals surface area contributed by atoms with Crippen molar-refractivity contribution < 1.29 is 23.8 Å². The van der Waals surface area contributed by atoms with E-state index in [2.05, 4.69) is 5.32 Å². The third-order valence-electron chi connectivity index (χ3n) is 3.35. The van der Waals surface area contributed by atoms with Crippen molar-refractivity contribution in [3.05, 3.63) is 53.1 Å². The predicted molar refractivity (Wildman–Crippen MR) is 87.5 cm³/mol. The average molecular weight is 348 g/mol. The third kappa shape index (κ3) is 3.60. The SMILES string of the molecule is C[C@@H](OC(=O)c1cccc(Cl)c1)C(=O)Nc1ccc2c(c1)OCO2. The van der Waals surface area contributed by atoms with Crippen LogP contribution in [0, 0.1) is 0 Å². The lowest BCUT2D eigenvalue weighted by molar-refractivity contribution is -0.123. The molecule has 0 saturated carbocycles. The Morgan fingerprint density at radius 1 is 1.17 bits per heavy atom.